The molecule has 2 rings (SSSR count). The predicted octanol–water partition coefficient (Wildman–Crippen LogP) is 3.96. The molecule has 2 aromatic rings. The van der Waals surface area contributed by atoms with Crippen LogP contribution in [0.15, 0.2) is 24.3 Å². The van der Waals surface area contributed by atoms with Crippen LogP contribution < -0.4 is 14.2 Å². The van der Waals surface area contributed by atoms with Crippen LogP contribution >= 0.6 is 0 Å². The highest BCUT2D eigenvalue weighted by Gasteiger charge is 2.17. The summed E-state index contributed by atoms with van der Waals surface area (Å²) in [7, 11) is 3.15. The molecule has 1 heterocycles. The van der Waals surface area contributed by atoms with Crippen LogP contribution in [0.3, 0.4) is 0 Å². The molecule has 0 fully saturated rings. The molecule has 24 heavy (non-hydrogen) atoms. The zero-order valence-corrected chi connectivity index (χ0v) is 15.2. The van der Waals surface area contributed by atoms with Gasteiger partial charge in [0.2, 0.25) is 5.78 Å². The van der Waals surface area contributed by atoms with Crippen LogP contribution in [0.5, 0.6) is 17.2 Å². The Morgan fingerprint density at radius 2 is 1.54 bits per heavy atom. The summed E-state index contributed by atoms with van der Waals surface area (Å²) in [6.07, 6.45) is 0. The van der Waals surface area contributed by atoms with Crippen molar-refractivity contribution in [2.45, 2.75) is 33.7 Å². The summed E-state index contributed by atoms with van der Waals surface area (Å²) >= 11 is 0. The second kappa shape index (κ2) is 7.43. The number of Topliss-reactive ketones (excluding diaryl/α,β-unsaturated/α-hetero) is 1. The van der Waals surface area contributed by atoms with E-state index in [1.54, 1.807) is 32.4 Å². The third-order valence-electron chi connectivity index (χ3n) is 4.00. The lowest BCUT2D eigenvalue weighted by Gasteiger charge is -2.13. The Bertz CT molecular complexity index is 709. The van der Waals surface area contributed by atoms with Crippen LogP contribution in [0.1, 0.15) is 41.6 Å². The van der Waals surface area contributed by atoms with E-state index in [0.29, 0.717) is 28.9 Å². The van der Waals surface area contributed by atoms with Crippen molar-refractivity contribution in [3.63, 3.8) is 0 Å². The minimum Gasteiger partial charge on any atom is -0.496 e. The van der Waals surface area contributed by atoms with E-state index in [4.69, 9.17) is 14.2 Å². The van der Waals surface area contributed by atoms with Gasteiger partial charge >= 0.3 is 0 Å². The number of benzene rings is 1. The normalized spacial score (nSPS) is 10.8. The number of hydrogen-bond donors (Lipinski definition) is 0. The van der Waals surface area contributed by atoms with Crippen LogP contribution in [0.25, 0.3) is 0 Å². The lowest BCUT2D eigenvalue weighted by atomic mass is 10.1. The summed E-state index contributed by atoms with van der Waals surface area (Å²) in [5.74, 6) is 1.73. The first-order chi connectivity index (χ1) is 11.4. The Labute approximate surface area is 143 Å². The van der Waals surface area contributed by atoms with Crippen molar-refractivity contribution in [1.82, 2.24) is 4.57 Å². The second-order valence-electron chi connectivity index (χ2n) is 6.01. The predicted molar refractivity (Wildman–Crippen MR) is 93.7 cm³/mol. The number of ether oxygens (including phenoxy) is 3. The van der Waals surface area contributed by atoms with E-state index in [1.165, 1.54) is 0 Å². The van der Waals surface area contributed by atoms with Gasteiger partial charge in [-0.1, -0.05) is 0 Å². The van der Waals surface area contributed by atoms with Gasteiger partial charge in [0.1, 0.15) is 17.2 Å². The molecule has 130 valence electrons. The molecule has 0 spiro atoms. The van der Waals surface area contributed by atoms with Gasteiger partial charge in [0.15, 0.2) is 6.61 Å². The van der Waals surface area contributed by atoms with Gasteiger partial charge in [-0.2, -0.15) is 0 Å². The molecule has 0 unspecified atom stereocenters. The molecule has 0 saturated carbocycles. The summed E-state index contributed by atoms with van der Waals surface area (Å²) in [5, 5.41) is 0. The molecule has 0 aliphatic carbocycles. The maximum atomic E-state index is 12.5. The molecule has 0 atom stereocenters. The Kier molecular flexibility index (Phi) is 5.54. The Morgan fingerprint density at radius 3 is 2.00 bits per heavy atom. The topological polar surface area (TPSA) is 49.7 Å². The monoisotopic (exact) mass is 331 g/mol. The van der Waals surface area contributed by atoms with Crippen molar-refractivity contribution in [2.75, 3.05) is 20.8 Å². The molecular formula is C19H25NO4. The maximum absolute atomic E-state index is 12.5. The largest absolute Gasteiger partial charge is 0.496 e. The van der Waals surface area contributed by atoms with Crippen LogP contribution in [0.2, 0.25) is 0 Å². The van der Waals surface area contributed by atoms with Gasteiger partial charge in [-0.15, -0.1) is 0 Å². The Morgan fingerprint density at radius 1 is 1.00 bits per heavy atom. The molecule has 5 heteroatoms. The van der Waals surface area contributed by atoms with Crippen molar-refractivity contribution in [3.8, 4) is 17.2 Å². The van der Waals surface area contributed by atoms with Crippen molar-refractivity contribution < 1.29 is 19.0 Å². The number of methoxy groups -OCH3 is 2. The zero-order valence-electron chi connectivity index (χ0n) is 15.2. The average molecular weight is 331 g/mol. The number of rotatable bonds is 7. The third kappa shape index (κ3) is 3.72. The Balaban J connectivity index is 2.15. The van der Waals surface area contributed by atoms with E-state index < -0.39 is 0 Å². The first-order valence-corrected chi connectivity index (χ1v) is 7.94. The molecule has 0 bridgehead atoms. The molecule has 0 radical (unpaired) electrons. The molecule has 1 aromatic carbocycles. The van der Waals surface area contributed by atoms with E-state index in [1.807, 2.05) is 19.9 Å². The van der Waals surface area contributed by atoms with E-state index in [0.717, 1.165) is 11.4 Å². The average Bonchev–Trinajstić information content (AvgIpc) is 2.86. The number of aryl methyl sites for hydroxylation is 1. The first-order valence-electron chi connectivity index (χ1n) is 7.94. The second-order valence-corrected chi connectivity index (χ2v) is 6.01. The minimum atomic E-state index is -0.0446. The lowest BCUT2D eigenvalue weighted by Crippen LogP contribution is -2.13. The number of ketones is 1. The molecule has 0 aliphatic heterocycles. The van der Waals surface area contributed by atoms with E-state index in [-0.39, 0.29) is 12.4 Å². The highest BCUT2D eigenvalue weighted by molar-refractivity contribution is 5.98. The van der Waals surface area contributed by atoms with Gasteiger partial charge in [-0.25, -0.2) is 0 Å². The molecule has 0 N–H and O–H groups in total. The quantitative estimate of drug-likeness (QED) is 0.721. The highest BCUT2D eigenvalue weighted by atomic mass is 16.5. The summed E-state index contributed by atoms with van der Waals surface area (Å²) < 4.78 is 18.2. The molecule has 0 aliphatic rings. The number of nitrogens with zero attached hydrogens (tertiary/aromatic N) is 1. The van der Waals surface area contributed by atoms with Gasteiger partial charge in [-0.3, -0.25) is 4.79 Å². The minimum absolute atomic E-state index is 0.0291. The van der Waals surface area contributed by atoms with Gasteiger partial charge in [-0.05, 0) is 33.8 Å². The van der Waals surface area contributed by atoms with Crippen molar-refractivity contribution in [3.05, 3.63) is 41.2 Å². The molecule has 0 amide bonds. The van der Waals surface area contributed by atoms with Crippen molar-refractivity contribution in [2.24, 2.45) is 0 Å². The molecule has 5 nitrogen and oxygen atoms in total. The van der Waals surface area contributed by atoms with Crippen LogP contribution in [0.4, 0.5) is 0 Å². The highest BCUT2D eigenvalue weighted by Crippen LogP contribution is 2.28. The van der Waals surface area contributed by atoms with E-state index >= 15 is 0 Å². The first kappa shape index (κ1) is 17.9. The molecular weight excluding hydrogens is 306 g/mol. The fraction of sp³-hybridized carbons (Fsp3) is 0.421. The fourth-order valence-corrected chi connectivity index (χ4v) is 2.95. The van der Waals surface area contributed by atoms with E-state index in [2.05, 4.69) is 18.4 Å². The standard InChI is InChI=1S/C19H25NO4/c1-12(2)20-13(3)7-18(14(20)4)19(21)11-24-17-9-15(22-5)8-16(10-17)23-6/h7-10,12H,11H2,1-6H3. The summed E-state index contributed by atoms with van der Waals surface area (Å²) in [4.78, 5) is 12.5. The van der Waals surface area contributed by atoms with Crippen molar-refractivity contribution >= 4 is 5.78 Å². The van der Waals surface area contributed by atoms with Gasteiger partial charge in [0.05, 0.1) is 14.2 Å². The van der Waals surface area contributed by atoms with E-state index in [9.17, 15) is 4.79 Å². The van der Waals surface area contributed by atoms with Gasteiger partial charge in [0, 0.05) is 41.2 Å². The summed E-state index contributed by atoms with van der Waals surface area (Å²) in [6, 6.07) is 7.45. The SMILES string of the molecule is COc1cc(OC)cc(OCC(=O)c2cc(C)n(C(C)C)c2C)c1. The zero-order chi connectivity index (χ0) is 17.9. The van der Waals surface area contributed by atoms with Crippen molar-refractivity contribution in [1.29, 1.82) is 0 Å². The number of carbonyl (C=O) groups excluding carboxylic acids is 1. The fourth-order valence-electron chi connectivity index (χ4n) is 2.95. The lowest BCUT2D eigenvalue weighted by molar-refractivity contribution is 0.0920. The third-order valence-corrected chi connectivity index (χ3v) is 4.00. The molecule has 0 saturated heterocycles. The van der Waals surface area contributed by atoms with Crippen LogP contribution in [-0.2, 0) is 0 Å². The van der Waals surface area contributed by atoms with Crippen LogP contribution in [-0.4, -0.2) is 31.2 Å². The number of aromatic nitrogens is 1. The molecule has 1 aromatic heterocycles. The van der Waals surface area contributed by atoms with Gasteiger partial charge < -0.3 is 18.8 Å². The van der Waals surface area contributed by atoms with Crippen LogP contribution in [0, 0.1) is 13.8 Å². The van der Waals surface area contributed by atoms with Gasteiger partial charge in [0.25, 0.3) is 0 Å². The number of hydrogen-bond acceptors (Lipinski definition) is 4. The smallest absolute Gasteiger partial charge is 0.202 e. The Hall–Kier alpha value is -2.43. The maximum Gasteiger partial charge on any atom is 0.202 e. The number of carbonyl (C=O) groups is 1. The summed E-state index contributed by atoms with van der Waals surface area (Å²) in [6.45, 7) is 8.16. The summed E-state index contributed by atoms with van der Waals surface area (Å²) in [5.41, 5.74) is 2.75.